The highest BCUT2D eigenvalue weighted by atomic mass is 16.5. The highest BCUT2D eigenvalue weighted by Gasteiger charge is 2.26. The number of rotatable bonds is 4. The molecule has 1 aliphatic heterocycles. The molecule has 6 nitrogen and oxygen atoms in total. The van der Waals surface area contributed by atoms with Gasteiger partial charge in [0.05, 0.1) is 19.1 Å². The van der Waals surface area contributed by atoms with Crippen molar-refractivity contribution in [1.29, 1.82) is 0 Å². The van der Waals surface area contributed by atoms with Gasteiger partial charge in [0.25, 0.3) is 0 Å². The second-order valence-corrected chi connectivity index (χ2v) is 3.86. The molecule has 3 N–H and O–H groups in total. The smallest absolute Gasteiger partial charge is 0.228 e. The Bertz CT molecular complexity index is 262. The Morgan fingerprint density at radius 1 is 1.69 bits per heavy atom. The van der Waals surface area contributed by atoms with Crippen molar-refractivity contribution < 1.29 is 14.7 Å². The molecule has 0 aromatic rings. The van der Waals surface area contributed by atoms with Crippen molar-refractivity contribution in [2.75, 3.05) is 26.3 Å². The van der Waals surface area contributed by atoms with Gasteiger partial charge in [0.15, 0.2) is 5.84 Å². The van der Waals surface area contributed by atoms with E-state index in [0.717, 1.165) is 19.4 Å². The highest BCUT2D eigenvalue weighted by molar-refractivity contribution is 5.87. The number of carbonyl (C=O) groups excluding carboxylic acids is 1. The number of amides is 1. The van der Waals surface area contributed by atoms with Crippen LogP contribution in [0.1, 0.15) is 19.8 Å². The molecule has 0 spiro atoms. The Hall–Kier alpha value is -1.30. The minimum atomic E-state index is -0.0832. The number of amidine groups is 1. The topological polar surface area (TPSA) is 88.1 Å². The van der Waals surface area contributed by atoms with Gasteiger partial charge in [-0.15, -0.1) is 0 Å². The molecule has 16 heavy (non-hydrogen) atoms. The summed E-state index contributed by atoms with van der Waals surface area (Å²) in [5.74, 6) is -0.0130. The first-order chi connectivity index (χ1) is 7.69. The number of nitrogens with zero attached hydrogens (tertiary/aromatic N) is 2. The van der Waals surface area contributed by atoms with Crippen LogP contribution in [-0.2, 0) is 9.53 Å². The van der Waals surface area contributed by atoms with E-state index in [9.17, 15) is 4.79 Å². The Kier molecular flexibility index (Phi) is 5.04. The summed E-state index contributed by atoms with van der Waals surface area (Å²) in [7, 11) is 0. The summed E-state index contributed by atoms with van der Waals surface area (Å²) in [5.41, 5.74) is 5.39. The molecule has 0 radical (unpaired) electrons. The molecule has 0 aromatic heterocycles. The van der Waals surface area contributed by atoms with Gasteiger partial charge in [-0.25, -0.2) is 0 Å². The summed E-state index contributed by atoms with van der Waals surface area (Å²) in [4.78, 5) is 13.6. The third kappa shape index (κ3) is 3.37. The van der Waals surface area contributed by atoms with Gasteiger partial charge in [0, 0.05) is 13.2 Å². The lowest BCUT2D eigenvalue weighted by Gasteiger charge is -2.28. The van der Waals surface area contributed by atoms with Crippen molar-refractivity contribution in [3.63, 3.8) is 0 Å². The summed E-state index contributed by atoms with van der Waals surface area (Å²) in [5, 5.41) is 11.3. The van der Waals surface area contributed by atoms with E-state index in [1.165, 1.54) is 0 Å². The quantitative estimate of drug-likeness (QED) is 0.307. The molecular weight excluding hydrogens is 210 g/mol. The van der Waals surface area contributed by atoms with Gasteiger partial charge in [-0.05, 0) is 19.8 Å². The molecule has 0 bridgehead atoms. The van der Waals surface area contributed by atoms with Crippen LogP contribution in [0.15, 0.2) is 5.16 Å². The maximum atomic E-state index is 12.0. The van der Waals surface area contributed by atoms with Gasteiger partial charge < -0.3 is 20.6 Å². The molecule has 1 unspecified atom stereocenters. The summed E-state index contributed by atoms with van der Waals surface area (Å²) in [6.45, 7) is 3.79. The second kappa shape index (κ2) is 6.32. The zero-order chi connectivity index (χ0) is 12.0. The van der Waals surface area contributed by atoms with Crippen LogP contribution in [0.3, 0.4) is 0 Å². The molecule has 1 saturated heterocycles. The monoisotopic (exact) mass is 229 g/mol. The predicted octanol–water partition coefficient (Wildman–Crippen LogP) is 0.00790. The molecule has 0 saturated carbocycles. The molecule has 1 atom stereocenters. The lowest BCUT2D eigenvalue weighted by Crippen LogP contribution is -2.43. The second-order valence-electron chi connectivity index (χ2n) is 3.86. The van der Waals surface area contributed by atoms with Crippen molar-refractivity contribution in [1.82, 2.24) is 4.90 Å². The van der Waals surface area contributed by atoms with Gasteiger partial charge in [-0.1, -0.05) is 5.16 Å². The maximum absolute atomic E-state index is 12.0. The van der Waals surface area contributed by atoms with Crippen molar-refractivity contribution in [3.05, 3.63) is 0 Å². The molecule has 6 heteroatoms. The van der Waals surface area contributed by atoms with Gasteiger partial charge in [-0.3, -0.25) is 4.79 Å². The molecule has 92 valence electrons. The normalized spacial score (nSPS) is 21.8. The number of carbonyl (C=O) groups is 1. The number of ether oxygens (including phenoxy) is 1. The Morgan fingerprint density at radius 3 is 2.94 bits per heavy atom. The molecule has 0 aromatic carbocycles. The molecule has 1 rings (SSSR count). The third-order valence-corrected chi connectivity index (χ3v) is 2.68. The van der Waals surface area contributed by atoms with Crippen LogP contribution >= 0.6 is 0 Å². The zero-order valence-corrected chi connectivity index (χ0v) is 9.56. The standard InChI is InChI=1S/C10H19N3O3/c1-2-13(6-9(11)12-15)10(14)8-4-3-5-16-7-8/h8,15H,2-7H2,1H3,(H2,11,12). The van der Waals surface area contributed by atoms with Crippen LogP contribution in [0.2, 0.25) is 0 Å². The fourth-order valence-electron chi connectivity index (χ4n) is 1.77. The average Bonchev–Trinajstić information content (AvgIpc) is 2.35. The van der Waals surface area contributed by atoms with E-state index < -0.39 is 0 Å². The van der Waals surface area contributed by atoms with E-state index in [1.807, 2.05) is 6.92 Å². The minimum absolute atomic E-state index is 0.0220. The number of nitrogens with two attached hydrogens (primary N) is 1. The summed E-state index contributed by atoms with van der Waals surface area (Å²) in [6.07, 6.45) is 1.77. The molecule has 1 aliphatic rings. The molecular formula is C10H19N3O3. The van der Waals surface area contributed by atoms with E-state index in [1.54, 1.807) is 4.90 Å². The van der Waals surface area contributed by atoms with E-state index in [-0.39, 0.29) is 24.2 Å². The lowest BCUT2D eigenvalue weighted by atomic mass is 10.0. The SMILES string of the molecule is CCN(CC(N)=NO)C(=O)C1CCCOC1. The predicted molar refractivity (Wildman–Crippen MR) is 59.2 cm³/mol. The van der Waals surface area contributed by atoms with E-state index in [0.29, 0.717) is 13.2 Å². The number of oxime groups is 1. The first kappa shape index (κ1) is 12.8. The number of hydrogen-bond acceptors (Lipinski definition) is 4. The Labute approximate surface area is 95.0 Å². The molecule has 1 fully saturated rings. The van der Waals surface area contributed by atoms with Crippen molar-refractivity contribution in [2.45, 2.75) is 19.8 Å². The highest BCUT2D eigenvalue weighted by Crippen LogP contribution is 2.16. The summed E-state index contributed by atoms with van der Waals surface area (Å²) in [6, 6.07) is 0. The minimum Gasteiger partial charge on any atom is -0.409 e. The first-order valence-electron chi connectivity index (χ1n) is 5.52. The fourth-order valence-corrected chi connectivity index (χ4v) is 1.77. The Morgan fingerprint density at radius 2 is 2.44 bits per heavy atom. The fraction of sp³-hybridized carbons (Fsp3) is 0.800. The van der Waals surface area contributed by atoms with E-state index in [2.05, 4.69) is 5.16 Å². The zero-order valence-electron chi connectivity index (χ0n) is 9.56. The van der Waals surface area contributed by atoms with Gasteiger partial charge in [-0.2, -0.15) is 0 Å². The Balaban J connectivity index is 2.54. The number of hydrogen-bond donors (Lipinski definition) is 2. The van der Waals surface area contributed by atoms with Crippen LogP contribution in [0, 0.1) is 5.92 Å². The van der Waals surface area contributed by atoms with E-state index >= 15 is 0 Å². The number of likely N-dealkylation sites (N-methyl/N-ethyl adjacent to an activating group) is 1. The third-order valence-electron chi connectivity index (χ3n) is 2.68. The van der Waals surface area contributed by atoms with Crippen molar-refractivity contribution >= 4 is 11.7 Å². The van der Waals surface area contributed by atoms with Crippen LogP contribution in [0.25, 0.3) is 0 Å². The van der Waals surface area contributed by atoms with Crippen LogP contribution in [0.4, 0.5) is 0 Å². The van der Waals surface area contributed by atoms with Gasteiger partial charge in [0.2, 0.25) is 5.91 Å². The van der Waals surface area contributed by atoms with Crippen molar-refractivity contribution in [2.24, 2.45) is 16.8 Å². The molecule has 1 amide bonds. The van der Waals surface area contributed by atoms with Gasteiger partial charge >= 0.3 is 0 Å². The van der Waals surface area contributed by atoms with E-state index in [4.69, 9.17) is 15.7 Å². The van der Waals surface area contributed by atoms with Gasteiger partial charge in [0.1, 0.15) is 0 Å². The first-order valence-corrected chi connectivity index (χ1v) is 5.52. The van der Waals surface area contributed by atoms with Crippen molar-refractivity contribution in [3.8, 4) is 0 Å². The average molecular weight is 229 g/mol. The van der Waals surface area contributed by atoms with Crippen LogP contribution in [-0.4, -0.2) is 48.2 Å². The maximum Gasteiger partial charge on any atom is 0.228 e. The lowest BCUT2D eigenvalue weighted by molar-refractivity contribution is -0.138. The van der Waals surface area contributed by atoms with Crippen LogP contribution in [0.5, 0.6) is 0 Å². The molecule has 0 aliphatic carbocycles. The summed E-state index contributed by atoms with van der Waals surface area (Å²) < 4.78 is 5.27. The largest absolute Gasteiger partial charge is 0.409 e. The summed E-state index contributed by atoms with van der Waals surface area (Å²) >= 11 is 0. The molecule has 1 heterocycles. The van der Waals surface area contributed by atoms with Crippen LogP contribution < -0.4 is 5.73 Å².